The molecule has 0 radical (unpaired) electrons. The Morgan fingerprint density at radius 3 is 2.68 bits per heavy atom. The van der Waals surface area contributed by atoms with E-state index in [-0.39, 0.29) is 18.4 Å². The van der Waals surface area contributed by atoms with Crippen molar-refractivity contribution in [3.63, 3.8) is 0 Å². The number of aromatic nitrogens is 1. The maximum Gasteiger partial charge on any atom is 0.256 e. The monoisotopic (exact) mass is 375 g/mol. The van der Waals surface area contributed by atoms with Gasteiger partial charge in [0, 0.05) is 29.2 Å². The van der Waals surface area contributed by atoms with Crippen molar-refractivity contribution in [3.8, 4) is 0 Å². The highest BCUT2D eigenvalue weighted by atomic mass is 35.5. The minimum atomic E-state index is -0.347. The first-order valence-electron chi connectivity index (χ1n) is 7.52. The predicted molar refractivity (Wildman–Crippen MR) is 100 cm³/mol. The standard InChI is InChI=1S/C18H15Cl2N3O2/c1-23(10-17(24)22-16-7-6-11(19)8-14(16)20)18(25)13-9-21-15-5-3-2-4-12(13)15/h2-9,21H,10H2,1H3,(H,22,24). The van der Waals surface area contributed by atoms with Crippen molar-refractivity contribution in [2.45, 2.75) is 0 Å². The second kappa shape index (κ2) is 7.17. The summed E-state index contributed by atoms with van der Waals surface area (Å²) in [6.45, 7) is -0.0999. The van der Waals surface area contributed by atoms with E-state index < -0.39 is 0 Å². The van der Waals surface area contributed by atoms with Crippen LogP contribution in [0.2, 0.25) is 10.0 Å². The van der Waals surface area contributed by atoms with Gasteiger partial charge in [0.05, 0.1) is 22.8 Å². The summed E-state index contributed by atoms with van der Waals surface area (Å²) in [4.78, 5) is 29.2. The molecule has 128 valence electrons. The third kappa shape index (κ3) is 3.78. The molecule has 0 saturated carbocycles. The van der Waals surface area contributed by atoms with Crippen LogP contribution < -0.4 is 5.32 Å². The van der Waals surface area contributed by atoms with Crippen LogP contribution in [-0.2, 0) is 4.79 Å². The molecule has 7 heteroatoms. The number of halogens is 2. The maximum atomic E-state index is 12.6. The molecule has 2 aromatic carbocycles. The number of para-hydroxylation sites is 1. The van der Waals surface area contributed by atoms with Gasteiger partial charge in [-0.15, -0.1) is 0 Å². The number of aromatic amines is 1. The van der Waals surface area contributed by atoms with Crippen LogP contribution >= 0.6 is 23.2 Å². The lowest BCUT2D eigenvalue weighted by Gasteiger charge is -2.17. The van der Waals surface area contributed by atoms with Gasteiger partial charge >= 0.3 is 0 Å². The molecule has 3 aromatic rings. The van der Waals surface area contributed by atoms with E-state index in [1.165, 1.54) is 4.90 Å². The van der Waals surface area contributed by atoms with E-state index in [0.29, 0.717) is 21.3 Å². The predicted octanol–water partition coefficient (Wildman–Crippen LogP) is 4.19. The van der Waals surface area contributed by atoms with Crippen molar-refractivity contribution in [3.05, 3.63) is 64.3 Å². The van der Waals surface area contributed by atoms with Gasteiger partial charge in [-0.3, -0.25) is 9.59 Å². The first kappa shape index (κ1) is 17.3. The lowest BCUT2D eigenvalue weighted by atomic mass is 10.1. The number of carbonyl (C=O) groups excluding carboxylic acids is 2. The minimum Gasteiger partial charge on any atom is -0.360 e. The molecular weight excluding hydrogens is 361 g/mol. The number of likely N-dealkylation sites (N-methyl/N-ethyl adjacent to an activating group) is 1. The number of fused-ring (bicyclic) bond motifs is 1. The summed E-state index contributed by atoms with van der Waals surface area (Å²) >= 11 is 11.9. The van der Waals surface area contributed by atoms with E-state index in [1.54, 1.807) is 31.4 Å². The first-order chi connectivity index (χ1) is 12.0. The number of amides is 2. The molecule has 2 amide bonds. The minimum absolute atomic E-state index is 0.0999. The zero-order chi connectivity index (χ0) is 18.0. The molecule has 5 nitrogen and oxygen atoms in total. The Morgan fingerprint density at radius 2 is 1.92 bits per heavy atom. The Labute approximate surface area is 154 Å². The highest BCUT2D eigenvalue weighted by Crippen LogP contribution is 2.25. The van der Waals surface area contributed by atoms with E-state index in [4.69, 9.17) is 23.2 Å². The largest absolute Gasteiger partial charge is 0.360 e. The van der Waals surface area contributed by atoms with Crippen molar-refractivity contribution >= 4 is 51.6 Å². The van der Waals surface area contributed by atoms with Gasteiger partial charge in [-0.2, -0.15) is 0 Å². The average Bonchev–Trinajstić information content (AvgIpc) is 3.00. The van der Waals surface area contributed by atoms with Crippen molar-refractivity contribution in [1.29, 1.82) is 0 Å². The number of hydrogen-bond acceptors (Lipinski definition) is 2. The molecule has 3 rings (SSSR count). The van der Waals surface area contributed by atoms with Crippen LogP contribution in [0.1, 0.15) is 10.4 Å². The highest BCUT2D eigenvalue weighted by molar-refractivity contribution is 6.36. The third-order valence-corrected chi connectivity index (χ3v) is 4.30. The Morgan fingerprint density at radius 1 is 1.16 bits per heavy atom. The van der Waals surface area contributed by atoms with E-state index in [9.17, 15) is 9.59 Å². The number of benzene rings is 2. The normalized spacial score (nSPS) is 10.7. The van der Waals surface area contributed by atoms with Crippen molar-refractivity contribution < 1.29 is 9.59 Å². The topological polar surface area (TPSA) is 65.2 Å². The summed E-state index contributed by atoms with van der Waals surface area (Å²) in [5.41, 5.74) is 1.84. The zero-order valence-electron chi connectivity index (χ0n) is 13.3. The van der Waals surface area contributed by atoms with Crippen LogP contribution in [0.25, 0.3) is 10.9 Å². The molecule has 0 spiro atoms. The van der Waals surface area contributed by atoms with E-state index >= 15 is 0 Å². The molecule has 0 bridgehead atoms. The third-order valence-electron chi connectivity index (χ3n) is 3.75. The van der Waals surface area contributed by atoms with Gasteiger partial charge in [0.1, 0.15) is 0 Å². The van der Waals surface area contributed by atoms with Crippen LogP contribution in [0.5, 0.6) is 0 Å². The molecule has 1 heterocycles. The summed E-state index contributed by atoms with van der Waals surface area (Å²) in [7, 11) is 1.58. The van der Waals surface area contributed by atoms with Crippen LogP contribution in [-0.4, -0.2) is 35.3 Å². The maximum absolute atomic E-state index is 12.6. The fraction of sp³-hybridized carbons (Fsp3) is 0.111. The van der Waals surface area contributed by atoms with E-state index in [0.717, 1.165) is 10.9 Å². The van der Waals surface area contributed by atoms with Gasteiger partial charge in [-0.25, -0.2) is 0 Å². The molecule has 0 aliphatic carbocycles. The summed E-state index contributed by atoms with van der Waals surface area (Å²) in [5.74, 6) is -0.588. The van der Waals surface area contributed by atoms with Crippen LogP contribution in [0.4, 0.5) is 5.69 Å². The Bertz CT molecular complexity index is 952. The zero-order valence-corrected chi connectivity index (χ0v) is 14.9. The van der Waals surface area contributed by atoms with Crippen LogP contribution in [0, 0.1) is 0 Å². The summed E-state index contributed by atoms with van der Waals surface area (Å²) in [6, 6.07) is 12.3. The van der Waals surface area contributed by atoms with Gasteiger partial charge in [0.15, 0.2) is 0 Å². The van der Waals surface area contributed by atoms with Gasteiger partial charge < -0.3 is 15.2 Å². The number of nitrogens with zero attached hydrogens (tertiary/aromatic N) is 1. The SMILES string of the molecule is CN(CC(=O)Nc1ccc(Cl)cc1Cl)C(=O)c1c[nH]c2ccccc12. The molecule has 0 unspecified atom stereocenters. The Balaban J connectivity index is 1.69. The van der Waals surface area contributed by atoms with Gasteiger partial charge in [0.25, 0.3) is 5.91 Å². The number of hydrogen-bond donors (Lipinski definition) is 2. The van der Waals surface area contributed by atoms with Crippen LogP contribution in [0.15, 0.2) is 48.7 Å². The molecule has 0 aliphatic heterocycles. The number of H-pyrrole nitrogens is 1. The molecule has 0 fully saturated rings. The summed E-state index contributed by atoms with van der Waals surface area (Å²) in [6.07, 6.45) is 1.65. The van der Waals surface area contributed by atoms with E-state index in [2.05, 4.69) is 10.3 Å². The number of rotatable bonds is 4. The second-order valence-electron chi connectivity index (χ2n) is 5.58. The molecule has 0 aliphatic rings. The molecule has 2 N–H and O–H groups in total. The van der Waals surface area contributed by atoms with Gasteiger partial charge in [-0.1, -0.05) is 41.4 Å². The highest BCUT2D eigenvalue weighted by Gasteiger charge is 2.18. The Hall–Kier alpha value is -2.50. The number of carbonyl (C=O) groups is 2. The van der Waals surface area contributed by atoms with E-state index in [1.807, 2.05) is 24.3 Å². The number of nitrogens with one attached hydrogen (secondary N) is 2. The van der Waals surface area contributed by atoms with Gasteiger partial charge in [0.2, 0.25) is 5.91 Å². The molecule has 0 atom stereocenters. The lowest BCUT2D eigenvalue weighted by Crippen LogP contribution is -2.34. The van der Waals surface area contributed by atoms with Gasteiger partial charge in [-0.05, 0) is 24.3 Å². The quantitative estimate of drug-likeness (QED) is 0.717. The lowest BCUT2D eigenvalue weighted by molar-refractivity contribution is -0.116. The number of anilines is 1. The van der Waals surface area contributed by atoms with Crippen molar-refractivity contribution in [2.24, 2.45) is 0 Å². The molecular formula is C18H15Cl2N3O2. The molecule has 25 heavy (non-hydrogen) atoms. The van der Waals surface area contributed by atoms with Crippen molar-refractivity contribution in [1.82, 2.24) is 9.88 Å². The molecule has 0 saturated heterocycles. The summed E-state index contributed by atoms with van der Waals surface area (Å²) in [5, 5.41) is 4.31. The second-order valence-corrected chi connectivity index (χ2v) is 6.43. The fourth-order valence-electron chi connectivity index (χ4n) is 2.52. The average molecular weight is 376 g/mol. The fourth-order valence-corrected chi connectivity index (χ4v) is 2.98. The molecule has 1 aromatic heterocycles. The van der Waals surface area contributed by atoms with Crippen molar-refractivity contribution in [2.75, 3.05) is 18.9 Å². The Kier molecular flexibility index (Phi) is 4.97. The smallest absolute Gasteiger partial charge is 0.256 e. The van der Waals surface area contributed by atoms with Crippen LogP contribution in [0.3, 0.4) is 0 Å². The summed E-state index contributed by atoms with van der Waals surface area (Å²) < 4.78 is 0. The first-order valence-corrected chi connectivity index (χ1v) is 8.28.